The number of hydrogen-bond donors (Lipinski definition) is 1. The first-order valence-corrected chi connectivity index (χ1v) is 5.28. The van der Waals surface area contributed by atoms with E-state index >= 15 is 0 Å². The van der Waals surface area contributed by atoms with E-state index in [9.17, 15) is 9.59 Å². The predicted octanol–water partition coefficient (Wildman–Crippen LogP) is 1.34. The molecule has 0 aliphatic heterocycles. The summed E-state index contributed by atoms with van der Waals surface area (Å²) in [7, 11) is 1.39. The number of para-hydroxylation sites is 1. The summed E-state index contributed by atoms with van der Waals surface area (Å²) >= 11 is 0. The van der Waals surface area contributed by atoms with E-state index in [1.165, 1.54) is 19.2 Å². The van der Waals surface area contributed by atoms with Gasteiger partial charge in [0.2, 0.25) is 0 Å². The highest BCUT2D eigenvalue weighted by Gasteiger charge is 2.17. The number of esters is 1. The van der Waals surface area contributed by atoms with Gasteiger partial charge in [0.15, 0.2) is 18.1 Å². The summed E-state index contributed by atoms with van der Waals surface area (Å²) in [5, 5.41) is 9.00. The summed E-state index contributed by atoms with van der Waals surface area (Å²) in [5.41, 5.74) is -0.0707. The SMILES string of the molecule is CCOC(=O)COc1c(OC)cccc1C(=O)O. The molecular weight excluding hydrogens is 240 g/mol. The van der Waals surface area contributed by atoms with E-state index < -0.39 is 11.9 Å². The Morgan fingerprint density at radius 3 is 2.61 bits per heavy atom. The number of aromatic carboxylic acids is 1. The molecule has 0 saturated carbocycles. The molecule has 0 unspecified atom stereocenters. The molecule has 6 heteroatoms. The van der Waals surface area contributed by atoms with Crippen molar-refractivity contribution < 1.29 is 28.9 Å². The summed E-state index contributed by atoms with van der Waals surface area (Å²) < 4.78 is 14.8. The third-order valence-electron chi connectivity index (χ3n) is 2.07. The largest absolute Gasteiger partial charge is 0.493 e. The molecule has 0 aliphatic carbocycles. The van der Waals surface area contributed by atoms with E-state index in [0.29, 0.717) is 0 Å². The third kappa shape index (κ3) is 3.38. The van der Waals surface area contributed by atoms with E-state index in [2.05, 4.69) is 4.74 Å². The zero-order chi connectivity index (χ0) is 13.5. The van der Waals surface area contributed by atoms with Gasteiger partial charge in [0.25, 0.3) is 0 Å². The van der Waals surface area contributed by atoms with Gasteiger partial charge in [-0.2, -0.15) is 0 Å². The minimum absolute atomic E-state index is 0.0144. The maximum Gasteiger partial charge on any atom is 0.344 e. The average Bonchev–Trinajstić information content (AvgIpc) is 2.36. The topological polar surface area (TPSA) is 82.1 Å². The Kier molecular flexibility index (Phi) is 4.98. The number of carboxylic acid groups (broad SMARTS) is 1. The highest BCUT2D eigenvalue weighted by Crippen LogP contribution is 2.30. The van der Waals surface area contributed by atoms with Crippen LogP contribution in [0, 0.1) is 0 Å². The maximum absolute atomic E-state index is 11.2. The fraction of sp³-hybridized carbons (Fsp3) is 0.333. The van der Waals surface area contributed by atoms with Gasteiger partial charge in [-0.05, 0) is 19.1 Å². The lowest BCUT2D eigenvalue weighted by atomic mass is 10.2. The van der Waals surface area contributed by atoms with Gasteiger partial charge < -0.3 is 19.3 Å². The number of rotatable bonds is 6. The summed E-state index contributed by atoms with van der Waals surface area (Å²) in [6.07, 6.45) is 0. The Balaban J connectivity index is 2.91. The monoisotopic (exact) mass is 254 g/mol. The van der Waals surface area contributed by atoms with Crippen LogP contribution in [0.25, 0.3) is 0 Å². The number of methoxy groups -OCH3 is 1. The van der Waals surface area contributed by atoms with E-state index in [4.69, 9.17) is 14.6 Å². The van der Waals surface area contributed by atoms with Crippen molar-refractivity contribution in [3.8, 4) is 11.5 Å². The lowest BCUT2D eigenvalue weighted by Crippen LogP contribution is -2.16. The molecule has 0 amide bonds. The van der Waals surface area contributed by atoms with E-state index in [0.717, 1.165) is 0 Å². The van der Waals surface area contributed by atoms with Crippen molar-refractivity contribution >= 4 is 11.9 Å². The molecule has 1 aromatic carbocycles. The fourth-order valence-electron chi connectivity index (χ4n) is 1.33. The molecule has 1 aromatic rings. The zero-order valence-electron chi connectivity index (χ0n) is 10.1. The van der Waals surface area contributed by atoms with Gasteiger partial charge in [-0.1, -0.05) is 6.07 Å². The van der Waals surface area contributed by atoms with Gasteiger partial charge in [-0.15, -0.1) is 0 Å². The second kappa shape index (κ2) is 6.48. The smallest absolute Gasteiger partial charge is 0.344 e. The molecule has 0 bridgehead atoms. The molecule has 0 heterocycles. The van der Waals surface area contributed by atoms with Crippen molar-refractivity contribution in [2.75, 3.05) is 20.3 Å². The van der Waals surface area contributed by atoms with Crippen molar-refractivity contribution in [1.82, 2.24) is 0 Å². The summed E-state index contributed by atoms with van der Waals surface area (Å²) in [6, 6.07) is 4.44. The lowest BCUT2D eigenvalue weighted by molar-refractivity contribution is -0.145. The molecule has 6 nitrogen and oxygen atoms in total. The zero-order valence-corrected chi connectivity index (χ0v) is 10.1. The number of ether oxygens (including phenoxy) is 3. The minimum atomic E-state index is -1.16. The van der Waals surface area contributed by atoms with Crippen LogP contribution >= 0.6 is 0 Å². The Hall–Kier alpha value is -2.24. The van der Waals surface area contributed by atoms with Crippen LogP contribution in [0.15, 0.2) is 18.2 Å². The molecule has 98 valence electrons. The molecule has 1 rings (SSSR count). The van der Waals surface area contributed by atoms with Crippen LogP contribution in [0.1, 0.15) is 17.3 Å². The van der Waals surface area contributed by atoms with E-state index in [1.54, 1.807) is 13.0 Å². The van der Waals surface area contributed by atoms with Crippen molar-refractivity contribution in [2.45, 2.75) is 6.92 Å². The van der Waals surface area contributed by atoms with Crippen molar-refractivity contribution in [3.05, 3.63) is 23.8 Å². The molecule has 0 saturated heterocycles. The standard InChI is InChI=1S/C12H14O6/c1-3-17-10(13)7-18-11-8(12(14)15)5-4-6-9(11)16-2/h4-6H,3,7H2,1-2H3,(H,14,15). The van der Waals surface area contributed by atoms with Crippen LogP contribution in [0.4, 0.5) is 0 Å². The average molecular weight is 254 g/mol. The minimum Gasteiger partial charge on any atom is -0.493 e. The number of carbonyl (C=O) groups is 2. The number of benzene rings is 1. The predicted molar refractivity (Wildman–Crippen MR) is 62.1 cm³/mol. The first-order chi connectivity index (χ1) is 8.60. The van der Waals surface area contributed by atoms with Gasteiger partial charge >= 0.3 is 11.9 Å². The summed E-state index contributed by atoms with van der Waals surface area (Å²) in [5.74, 6) is -1.47. The number of carbonyl (C=O) groups excluding carboxylic acids is 1. The second-order valence-electron chi connectivity index (χ2n) is 3.24. The third-order valence-corrected chi connectivity index (χ3v) is 2.07. The van der Waals surface area contributed by atoms with Crippen molar-refractivity contribution in [3.63, 3.8) is 0 Å². The van der Waals surface area contributed by atoms with Gasteiger partial charge in [0.1, 0.15) is 5.56 Å². The molecule has 1 N–H and O–H groups in total. The Morgan fingerprint density at radius 2 is 2.06 bits per heavy atom. The second-order valence-corrected chi connectivity index (χ2v) is 3.24. The lowest BCUT2D eigenvalue weighted by Gasteiger charge is -2.12. The molecule has 18 heavy (non-hydrogen) atoms. The van der Waals surface area contributed by atoms with Crippen molar-refractivity contribution in [1.29, 1.82) is 0 Å². The van der Waals surface area contributed by atoms with Crippen LogP contribution in [-0.4, -0.2) is 37.4 Å². The molecule has 0 fully saturated rings. The van der Waals surface area contributed by atoms with Crippen LogP contribution in [0.5, 0.6) is 11.5 Å². The highest BCUT2D eigenvalue weighted by atomic mass is 16.6. The van der Waals surface area contributed by atoms with Crippen LogP contribution < -0.4 is 9.47 Å². The van der Waals surface area contributed by atoms with Crippen LogP contribution in [0.2, 0.25) is 0 Å². The van der Waals surface area contributed by atoms with Crippen molar-refractivity contribution in [2.24, 2.45) is 0 Å². The molecule has 0 aliphatic rings. The van der Waals surface area contributed by atoms with Gasteiger partial charge in [0.05, 0.1) is 13.7 Å². The van der Waals surface area contributed by atoms with Gasteiger partial charge in [-0.3, -0.25) is 0 Å². The number of carboxylic acids is 1. The van der Waals surface area contributed by atoms with Gasteiger partial charge in [-0.25, -0.2) is 9.59 Å². The molecular formula is C12H14O6. The Bertz CT molecular complexity index is 440. The van der Waals surface area contributed by atoms with Crippen LogP contribution in [-0.2, 0) is 9.53 Å². The maximum atomic E-state index is 11.2. The molecule has 0 radical (unpaired) electrons. The normalized spacial score (nSPS) is 9.67. The molecule has 0 atom stereocenters. The number of hydrogen-bond acceptors (Lipinski definition) is 5. The molecule has 0 spiro atoms. The highest BCUT2D eigenvalue weighted by molar-refractivity contribution is 5.92. The fourth-order valence-corrected chi connectivity index (χ4v) is 1.33. The van der Waals surface area contributed by atoms with Crippen LogP contribution in [0.3, 0.4) is 0 Å². The quantitative estimate of drug-likeness (QED) is 0.771. The van der Waals surface area contributed by atoms with E-state index in [1.807, 2.05) is 0 Å². The summed E-state index contributed by atoms with van der Waals surface area (Å²) in [4.78, 5) is 22.2. The summed E-state index contributed by atoms with van der Waals surface area (Å²) in [6.45, 7) is 1.54. The van der Waals surface area contributed by atoms with Gasteiger partial charge in [0, 0.05) is 0 Å². The van der Waals surface area contributed by atoms with E-state index in [-0.39, 0.29) is 30.3 Å². The first-order valence-electron chi connectivity index (χ1n) is 5.28. The Morgan fingerprint density at radius 1 is 1.33 bits per heavy atom. The first kappa shape index (κ1) is 13.8. The Labute approximate surface area is 104 Å². The molecule has 0 aromatic heterocycles.